The lowest BCUT2D eigenvalue weighted by molar-refractivity contribution is 0.205. The second-order valence-corrected chi connectivity index (χ2v) is 18.9. The summed E-state index contributed by atoms with van der Waals surface area (Å²) in [5.41, 5.74) is 2.24. The highest BCUT2D eigenvalue weighted by molar-refractivity contribution is 6.89. The fraction of sp³-hybridized carbons (Fsp3) is 0.611. The zero-order valence-corrected chi connectivity index (χ0v) is 18.2. The zero-order chi connectivity index (χ0) is 18.2. The fourth-order valence-electron chi connectivity index (χ4n) is 3.65. The molecular weight excluding hydrogens is 318 g/mol. The first-order valence-corrected chi connectivity index (χ1v) is 14.9. The number of hydrogen-bond donors (Lipinski definition) is 1. The Kier molecular flexibility index (Phi) is 5.59. The van der Waals surface area contributed by atoms with Crippen LogP contribution in [0, 0.1) is 12.3 Å². The molecule has 5 heteroatoms. The quantitative estimate of drug-likeness (QED) is 0.750. The number of carboxylic acid groups (broad SMARTS) is 1. The van der Waals surface area contributed by atoms with Crippen LogP contribution in [0.4, 0.5) is 10.5 Å². The summed E-state index contributed by atoms with van der Waals surface area (Å²) in [5.74, 6) is 0. The van der Waals surface area contributed by atoms with Crippen molar-refractivity contribution in [1.29, 1.82) is 0 Å². The van der Waals surface area contributed by atoms with E-state index in [1.165, 1.54) is 10.8 Å². The minimum atomic E-state index is -2.12. The Morgan fingerprint density at radius 1 is 1.13 bits per heavy atom. The third-order valence-corrected chi connectivity index (χ3v) is 9.79. The van der Waals surface area contributed by atoms with Gasteiger partial charge < -0.3 is 9.67 Å². The van der Waals surface area contributed by atoms with E-state index in [9.17, 15) is 9.90 Å². The molecule has 0 unspecified atom stereocenters. The Balaban J connectivity index is 3.40. The minimum Gasteiger partial charge on any atom is -0.465 e. The smallest absolute Gasteiger partial charge is 0.403 e. The van der Waals surface area contributed by atoms with Crippen LogP contribution in [0.3, 0.4) is 0 Å². The van der Waals surface area contributed by atoms with Gasteiger partial charge in [-0.25, -0.2) is 4.79 Å². The van der Waals surface area contributed by atoms with Crippen LogP contribution in [0.25, 0.3) is 0 Å². The van der Waals surface area contributed by atoms with Gasteiger partial charge in [-0.1, -0.05) is 70.3 Å². The van der Waals surface area contributed by atoms with Gasteiger partial charge in [0.15, 0.2) is 8.24 Å². The molecule has 0 heterocycles. The molecular formula is C18H33NO2Si2. The molecule has 0 spiro atoms. The largest absolute Gasteiger partial charge is 0.465 e. The lowest BCUT2D eigenvalue weighted by Gasteiger charge is -2.39. The van der Waals surface area contributed by atoms with Crippen molar-refractivity contribution < 1.29 is 9.90 Å². The molecule has 3 nitrogen and oxygen atoms in total. The summed E-state index contributed by atoms with van der Waals surface area (Å²) in [6.45, 7) is 19.9. The maximum absolute atomic E-state index is 12.1. The van der Waals surface area contributed by atoms with Gasteiger partial charge in [-0.15, -0.1) is 0 Å². The second-order valence-electron chi connectivity index (χ2n) is 9.42. The molecule has 0 saturated carbocycles. The summed E-state index contributed by atoms with van der Waals surface area (Å²) in [6.07, 6.45) is -0.823. The number of rotatable bonds is 4. The molecule has 1 aromatic rings. The first kappa shape index (κ1) is 20.0. The molecule has 130 valence electrons. The van der Waals surface area contributed by atoms with Crippen molar-refractivity contribution in [3.8, 4) is 0 Å². The highest BCUT2D eigenvalue weighted by atomic mass is 28.3. The van der Waals surface area contributed by atoms with Gasteiger partial charge in [0.2, 0.25) is 0 Å². The average Bonchev–Trinajstić information content (AvgIpc) is 2.25. The van der Waals surface area contributed by atoms with E-state index in [1.807, 2.05) is 6.07 Å². The first-order chi connectivity index (χ1) is 10.1. The number of hydrogen-bond acceptors (Lipinski definition) is 1. The summed E-state index contributed by atoms with van der Waals surface area (Å²) in [7, 11) is -3.62. The summed E-state index contributed by atoms with van der Waals surface area (Å²) >= 11 is 0. The van der Waals surface area contributed by atoms with Gasteiger partial charge in [0.1, 0.15) is 0 Å². The Bertz CT molecular complexity index is 584. The Morgan fingerprint density at radius 2 is 1.65 bits per heavy atom. The van der Waals surface area contributed by atoms with Crippen molar-refractivity contribution in [1.82, 2.24) is 0 Å². The summed E-state index contributed by atoms with van der Waals surface area (Å²) in [5, 5.41) is 11.2. The molecule has 0 bridgehead atoms. The maximum Gasteiger partial charge on any atom is 0.403 e. The minimum absolute atomic E-state index is 0.121. The molecule has 1 amide bonds. The number of aryl methyl sites for hydroxylation is 1. The molecule has 0 radical (unpaired) electrons. The van der Waals surface area contributed by atoms with Crippen LogP contribution in [-0.2, 0) is 0 Å². The Morgan fingerprint density at radius 3 is 2.04 bits per heavy atom. The van der Waals surface area contributed by atoms with E-state index < -0.39 is 22.4 Å². The fourth-order valence-corrected chi connectivity index (χ4v) is 9.61. The molecule has 1 N–H and O–H groups in total. The van der Waals surface area contributed by atoms with Gasteiger partial charge in [0.05, 0.1) is 8.07 Å². The molecule has 1 rings (SSSR count). The van der Waals surface area contributed by atoms with Crippen LogP contribution in [0.15, 0.2) is 18.2 Å². The lowest BCUT2D eigenvalue weighted by atomic mass is 10.0. The van der Waals surface area contributed by atoms with Gasteiger partial charge in [-0.3, -0.25) is 0 Å². The molecule has 0 aromatic heterocycles. The monoisotopic (exact) mass is 351 g/mol. The summed E-state index contributed by atoms with van der Waals surface area (Å²) < 4.78 is 1.68. The van der Waals surface area contributed by atoms with Crippen LogP contribution in [0.2, 0.25) is 38.8 Å². The van der Waals surface area contributed by atoms with Crippen LogP contribution < -0.4 is 9.75 Å². The highest BCUT2D eigenvalue weighted by Gasteiger charge is 2.38. The molecule has 0 atom stereocenters. The molecule has 23 heavy (non-hydrogen) atoms. The van der Waals surface area contributed by atoms with Gasteiger partial charge >= 0.3 is 6.09 Å². The third kappa shape index (κ3) is 5.21. The number of benzene rings is 1. The number of anilines is 1. The Labute approximate surface area is 143 Å². The van der Waals surface area contributed by atoms with E-state index in [4.69, 9.17) is 0 Å². The SMILES string of the molecule is Cc1ccc(N(C(=O)O)[Si](C)(C)CC(C)(C)C)cc1[Si](C)(C)C. The van der Waals surface area contributed by atoms with Gasteiger partial charge in [0, 0.05) is 5.69 Å². The average molecular weight is 352 g/mol. The van der Waals surface area contributed by atoms with E-state index in [2.05, 4.69) is 72.6 Å². The van der Waals surface area contributed by atoms with Crippen LogP contribution in [0.5, 0.6) is 0 Å². The van der Waals surface area contributed by atoms with Gasteiger partial charge in [-0.2, -0.15) is 0 Å². The van der Waals surface area contributed by atoms with E-state index >= 15 is 0 Å². The van der Waals surface area contributed by atoms with E-state index in [0.29, 0.717) is 0 Å². The topological polar surface area (TPSA) is 40.5 Å². The highest BCUT2D eigenvalue weighted by Crippen LogP contribution is 2.33. The van der Waals surface area contributed by atoms with Crippen LogP contribution in [0.1, 0.15) is 26.3 Å². The molecule has 0 saturated heterocycles. The van der Waals surface area contributed by atoms with Gasteiger partial charge in [0.25, 0.3) is 0 Å². The molecule has 0 aliphatic carbocycles. The number of amides is 1. The number of carbonyl (C=O) groups is 1. The van der Waals surface area contributed by atoms with Crippen molar-refractivity contribution >= 4 is 33.3 Å². The Hall–Kier alpha value is -1.08. The van der Waals surface area contributed by atoms with Crippen molar-refractivity contribution in [2.75, 3.05) is 4.57 Å². The lowest BCUT2D eigenvalue weighted by Crippen LogP contribution is -2.54. The van der Waals surface area contributed by atoms with Crippen LogP contribution in [-0.4, -0.2) is 27.5 Å². The van der Waals surface area contributed by atoms with Crippen molar-refractivity contribution in [3.05, 3.63) is 23.8 Å². The zero-order valence-electron chi connectivity index (χ0n) is 16.2. The number of nitrogens with zero attached hydrogens (tertiary/aromatic N) is 1. The third-order valence-electron chi connectivity index (χ3n) is 4.05. The second kappa shape index (κ2) is 6.44. The predicted octanol–water partition coefficient (Wildman–Crippen LogP) is 5.28. The maximum atomic E-state index is 12.1. The van der Waals surface area contributed by atoms with Crippen molar-refractivity contribution in [2.24, 2.45) is 5.41 Å². The van der Waals surface area contributed by atoms with Crippen molar-refractivity contribution in [3.63, 3.8) is 0 Å². The van der Waals surface area contributed by atoms with E-state index in [1.54, 1.807) is 4.57 Å². The first-order valence-electron chi connectivity index (χ1n) is 8.29. The molecule has 0 aliphatic rings. The summed E-state index contributed by atoms with van der Waals surface area (Å²) in [4.78, 5) is 12.1. The van der Waals surface area contributed by atoms with Gasteiger partial charge in [-0.05, 0) is 30.5 Å². The van der Waals surface area contributed by atoms with Crippen molar-refractivity contribution in [2.45, 2.75) is 66.5 Å². The normalized spacial score (nSPS) is 13.1. The molecule has 0 aliphatic heterocycles. The van der Waals surface area contributed by atoms with E-state index in [-0.39, 0.29) is 5.41 Å². The standard InChI is InChI=1S/C18H33NO2Si2/c1-14-10-11-15(12-16(14)22(5,6)7)19(17(20)21)23(8,9)13-18(2,3)4/h10-12H,13H2,1-9H3,(H,20,21). The van der Waals surface area contributed by atoms with E-state index in [0.717, 1.165) is 11.7 Å². The summed E-state index contributed by atoms with van der Waals surface area (Å²) in [6, 6.07) is 7.13. The molecule has 0 fully saturated rings. The van der Waals surface area contributed by atoms with Crippen LogP contribution >= 0.6 is 0 Å². The molecule has 1 aromatic carbocycles. The predicted molar refractivity (Wildman–Crippen MR) is 106 cm³/mol.